The van der Waals surface area contributed by atoms with Crippen LogP contribution in [0, 0.1) is 0 Å². The van der Waals surface area contributed by atoms with Gasteiger partial charge in [-0.05, 0) is 34.6 Å². The van der Waals surface area contributed by atoms with E-state index in [2.05, 4.69) is 0 Å². The molecule has 1 fully saturated rings. The standard InChI is InChI=1S/C15H27NO6/c1-6-19-10-11-8-16(14(18)22-15(3,4)5)9-12(21-11)13(17)20-7-2/h11-12H,6-10H2,1-5H3/t11-,12+/m0/s1. The van der Waals surface area contributed by atoms with Crippen molar-refractivity contribution in [3.8, 4) is 0 Å². The zero-order chi connectivity index (χ0) is 16.8. The van der Waals surface area contributed by atoms with Gasteiger partial charge in [0.15, 0.2) is 6.10 Å². The number of amides is 1. The average Bonchev–Trinajstić information content (AvgIpc) is 2.43. The summed E-state index contributed by atoms with van der Waals surface area (Å²) in [6.07, 6.45) is -1.66. The van der Waals surface area contributed by atoms with E-state index in [1.165, 1.54) is 4.90 Å². The first-order valence-corrected chi connectivity index (χ1v) is 7.64. The zero-order valence-corrected chi connectivity index (χ0v) is 14.1. The molecular formula is C15H27NO6. The molecule has 1 aliphatic rings. The molecule has 0 spiro atoms. The quantitative estimate of drug-likeness (QED) is 0.717. The summed E-state index contributed by atoms with van der Waals surface area (Å²) in [6, 6.07) is 0. The van der Waals surface area contributed by atoms with Crippen LogP contribution in [0.5, 0.6) is 0 Å². The van der Waals surface area contributed by atoms with Gasteiger partial charge in [0, 0.05) is 6.61 Å². The van der Waals surface area contributed by atoms with Crippen LogP contribution in [0.25, 0.3) is 0 Å². The lowest BCUT2D eigenvalue weighted by atomic mass is 10.2. The van der Waals surface area contributed by atoms with E-state index in [0.29, 0.717) is 19.8 Å². The zero-order valence-electron chi connectivity index (χ0n) is 14.1. The first-order valence-electron chi connectivity index (χ1n) is 7.64. The van der Waals surface area contributed by atoms with Crippen molar-refractivity contribution in [1.82, 2.24) is 4.90 Å². The van der Waals surface area contributed by atoms with Crippen molar-refractivity contribution in [2.75, 3.05) is 32.9 Å². The number of hydrogen-bond acceptors (Lipinski definition) is 6. The summed E-state index contributed by atoms with van der Waals surface area (Å²) in [5, 5.41) is 0. The molecule has 7 nitrogen and oxygen atoms in total. The Balaban J connectivity index is 2.73. The fourth-order valence-electron chi connectivity index (χ4n) is 2.02. The average molecular weight is 317 g/mol. The first kappa shape index (κ1) is 18.7. The third-order valence-electron chi connectivity index (χ3n) is 2.88. The Bertz CT molecular complexity index is 379. The summed E-state index contributed by atoms with van der Waals surface area (Å²) in [5.74, 6) is -0.475. The summed E-state index contributed by atoms with van der Waals surface area (Å²) in [7, 11) is 0. The van der Waals surface area contributed by atoms with E-state index in [4.69, 9.17) is 18.9 Å². The highest BCUT2D eigenvalue weighted by Gasteiger charge is 2.37. The fraction of sp³-hybridized carbons (Fsp3) is 0.867. The first-order chi connectivity index (χ1) is 10.3. The molecule has 7 heteroatoms. The van der Waals surface area contributed by atoms with Gasteiger partial charge < -0.3 is 23.8 Å². The lowest BCUT2D eigenvalue weighted by Gasteiger charge is -2.37. The van der Waals surface area contributed by atoms with Crippen LogP contribution in [-0.4, -0.2) is 67.7 Å². The molecule has 1 saturated heterocycles. The van der Waals surface area contributed by atoms with Gasteiger partial charge in [-0.3, -0.25) is 0 Å². The van der Waals surface area contributed by atoms with Gasteiger partial charge in [-0.25, -0.2) is 9.59 Å². The molecular weight excluding hydrogens is 290 g/mol. The lowest BCUT2D eigenvalue weighted by Crippen LogP contribution is -2.55. The van der Waals surface area contributed by atoms with Crippen LogP contribution in [0.1, 0.15) is 34.6 Å². The molecule has 1 aliphatic heterocycles. The minimum atomic E-state index is -0.813. The second-order valence-corrected chi connectivity index (χ2v) is 6.04. The number of nitrogens with zero attached hydrogens (tertiary/aromatic N) is 1. The molecule has 1 amide bonds. The van der Waals surface area contributed by atoms with E-state index in [-0.39, 0.29) is 19.3 Å². The number of morpholine rings is 1. The molecule has 0 aromatic rings. The van der Waals surface area contributed by atoms with Crippen molar-refractivity contribution in [3.05, 3.63) is 0 Å². The van der Waals surface area contributed by atoms with Crippen LogP contribution in [0.2, 0.25) is 0 Å². The maximum Gasteiger partial charge on any atom is 0.410 e. The highest BCUT2D eigenvalue weighted by atomic mass is 16.6. The molecule has 2 atom stereocenters. The van der Waals surface area contributed by atoms with E-state index in [1.54, 1.807) is 27.7 Å². The van der Waals surface area contributed by atoms with Crippen LogP contribution in [-0.2, 0) is 23.7 Å². The van der Waals surface area contributed by atoms with Gasteiger partial charge in [-0.15, -0.1) is 0 Å². The van der Waals surface area contributed by atoms with Crippen LogP contribution >= 0.6 is 0 Å². The topological polar surface area (TPSA) is 74.3 Å². The predicted octanol–water partition coefficient (Wildman–Crippen LogP) is 1.59. The smallest absolute Gasteiger partial charge is 0.410 e. The number of carbonyl (C=O) groups is 2. The third kappa shape index (κ3) is 6.19. The fourth-order valence-corrected chi connectivity index (χ4v) is 2.02. The van der Waals surface area contributed by atoms with E-state index in [0.717, 1.165) is 0 Å². The normalized spacial score (nSPS) is 22.3. The Kier molecular flexibility index (Phi) is 7.09. The molecule has 0 aromatic carbocycles. The Hall–Kier alpha value is -1.34. The Morgan fingerprint density at radius 3 is 2.41 bits per heavy atom. The van der Waals surface area contributed by atoms with Crippen LogP contribution in [0.3, 0.4) is 0 Å². The van der Waals surface area contributed by atoms with Crippen molar-refractivity contribution in [1.29, 1.82) is 0 Å². The molecule has 0 saturated carbocycles. The van der Waals surface area contributed by atoms with Crippen molar-refractivity contribution < 1.29 is 28.5 Å². The second-order valence-electron chi connectivity index (χ2n) is 6.04. The molecule has 0 radical (unpaired) electrons. The largest absolute Gasteiger partial charge is 0.464 e. The van der Waals surface area contributed by atoms with Gasteiger partial charge in [0.1, 0.15) is 5.60 Å². The van der Waals surface area contributed by atoms with Crippen molar-refractivity contribution >= 4 is 12.1 Å². The maximum atomic E-state index is 12.2. The van der Waals surface area contributed by atoms with Crippen LogP contribution < -0.4 is 0 Å². The van der Waals surface area contributed by atoms with Gasteiger partial charge in [0.25, 0.3) is 0 Å². The molecule has 1 heterocycles. The highest BCUT2D eigenvalue weighted by molar-refractivity contribution is 5.77. The van der Waals surface area contributed by atoms with Gasteiger partial charge in [-0.1, -0.05) is 0 Å². The lowest BCUT2D eigenvalue weighted by molar-refractivity contribution is -0.172. The third-order valence-corrected chi connectivity index (χ3v) is 2.88. The summed E-state index contributed by atoms with van der Waals surface area (Å²) in [4.78, 5) is 25.6. The highest BCUT2D eigenvalue weighted by Crippen LogP contribution is 2.17. The monoisotopic (exact) mass is 317 g/mol. The van der Waals surface area contributed by atoms with Crippen LogP contribution in [0.4, 0.5) is 4.79 Å². The van der Waals surface area contributed by atoms with Crippen LogP contribution in [0.15, 0.2) is 0 Å². The number of ether oxygens (including phenoxy) is 4. The molecule has 0 unspecified atom stereocenters. The predicted molar refractivity (Wildman–Crippen MR) is 79.6 cm³/mol. The van der Waals surface area contributed by atoms with E-state index in [1.807, 2.05) is 6.92 Å². The molecule has 0 aliphatic carbocycles. The molecule has 0 aromatic heterocycles. The van der Waals surface area contributed by atoms with Gasteiger partial charge in [0.2, 0.25) is 0 Å². The number of esters is 1. The van der Waals surface area contributed by atoms with Gasteiger partial charge in [-0.2, -0.15) is 0 Å². The minimum absolute atomic E-state index is 0.121. The van der Waals surface area contributed by atoms with Gasteiger partial charge in [0.05, 0.1) is 32.4 Å². The maximum absolute atomic E-state index is 12.2. The van der Waals surface area contributed by atoms with Gasteiger partial charge >= 0.3 is 12.1 Å². The molecule has 0 N–H and O–H groups in total. The number of rotatable bonds is 5. The summed E-state index contributed by atoms with van der Waals surface area (Å²) < 4.78 is 21.3. The number of hydrogen-bond donors (Lipinski definition) is 0. The summed E-state index contributed by atoms with van der Waals surface area (Å²) >= 11 is 0. The minimum Gasteiger partial charge on any atom is -0.464 e. The number of carbonyl (C=O) groups excluding carboxylic acids is 2. The van der Waals surface area contributed by atoms with E-state index >= 15 is 0 Å². The van der Waals surface area contributed by atoms with Crippen molar-refractivity contribution in [3.63, 3.8) is 0 Å². The SMILES string of the molecule is CCOC[C@@H]1CN(C(=O)OC(C)(C)C)C[C@H](C(=O)OCC)O1. The van der Waals surface area contributed by atoms with E-state index in [9.17, 15) is 9.59 Å². The van der Waals surface area contributed by atoms with E-state index < -0.39 is 23.8 Å². The molecule has 1 rings (SSSR count). The molecule has 22 heavy (non-hydrogen) atoms. The summed E-state index contributed by atoms with van der Waals surface area (Å²) in [6.45, 7) is 10.6. The Morgan fingerprint density at radius 1 is 1.18 bits per heavy atom. The Morgan fingerprint density at radius 2 is 1.86 bits per heavy atom. The second kappa shape index (κ2) is 8.33. The molecule has 0 bridgehead atoms. The Labute approximate surface area is 131 Å². The molecule has 128 valence electrons. The van der Waals surface area contributed by atoms with Crippen molar-refractivity contribution in [2.24, 2.45) is 0 Å². The van der Waals surface area contributed by atoms with Crippen molar-refractivity contribution in [2.45, 2.75) is 52.4 Å². The summed E-state index contributed by atoms with van der Waals surface area (Å²) in [5.41, 5.74) is -0.593.